The van der Waals surface area contributed by atoms with Gasteiger partial charge >= 0.3 is 0 Å². The first-order valence-electron chi connectivity index (χ1n) is 11.5. The second-order valence-electron chi connectivity index (χ2n) is 8.78. The molecule has 8 nitrogen and oxygen atoms in total. The number of likely N-dealkylation sites (N-methyl/N-ethyl adjacent to an activating group) is 1. The molecule has 3 aromatic rings. The molecule has 2 heterocycles. The summed E-state index contributed by atoms with van der Waals surface area (Å²) in [6, 6.07) is 13.7. The van der Waals surface area contributed by atoms with E-state index in [4.69, 9.17) is 4.74 Å². The lowest BCUT2D eigenvalue weighted by Gasteiger charge is -2.31. The van der Waals surface area contributed by atoms with Gasteiger partial charge in [-0.15, -0.1) is 0 Å². The number of anilines is 1. The van der Waals surface area contributed by atoms with E-state index in [1.54, 1.807) is 42.7 Å². The molecule has 0 atom stereocenters. The molecule has 1 saturated heterocycles. The van der Waals surface area contributed by atoms with Gasteiger partial charge in [0.1, 0.15) is 12.4 Å². The van der Waals surface area contributed by atoms with Crippen molar-refractivity contribution in [3.63, 3.8) is 0 Å². The van der Waals surface area contributed by atoms with Crippen LogP contribution < -0.4 is 10.1 Å². The van der Waals surface area contributed by atoms with Crippen molar-refractivity contribution in [2.45, 2.75) is 25.3 Å². The summed E-state index contributed by atoms with van der Waals surface area (Å²) in [7, 11) is -1.65. The molecular weight excluding hydrogens is 464 g/mol. The SMILES string of the molecule is Cc1cc(C(=O)Nc2cccc(S(=O)(=O)N3CCN(C)CC3)c2)cc(C)c1OCc1cccnc1. The molecule has 1 fully saturated rings. The van der Waals surface area contributed by atoms with Gasteiger partial charge in [0, 0.05) is 55.4 Å². The molecule has 0 aliphatic carbocycles. The molecule has 0 saturated carbocycles. The topological polar surface area (TPSA) is 91.8 Å². The number of benzene rings is 2. The van der Waals surface area contributed by atoms with Gasteiger partial charge in [0.15, 0.2) is 0 Å². The highest BCUT2D eigenvalue weighted by Gasteiger charge is 2.27. The van der Waals surface area contributed by atoms with Crippen molar-refractivity contribution in [1.82, 2.24) is 14.2 Å². The lowest BCUT2D eigenvalue weighted by molar-refractivity contribution is 0.102. The van der Waals surface area contributed by atoms with Crippen LogP contribution in [0.25, 0.3) is 0 Å². The first-order chi connectivity index (χ1) is 16.7. The molecule has 0 bridgehead atoms. The van der Waals surface area contributed by atoms with E-state index in [1.165, 1.54) is 10.4 Å². The van der Waals surface area contributed by atoms with Crippen molar-refractivity contribution >= 4 is 21.6 Å². The number of carbonyl (C=O) groups excluding carboxylic acids is 1. The van der Waals surface area contributed by atoms with Crippen LogP contribution in [0.5, 0.6) is 5.75 Å². The molecule has 184 valence electrons. The highest BCUT2D eigenvalue weighted by Crippen LogP contribution is 2.27. The Morgan fingerprint density at radius 1 is 1.03 bits per heavy atom. The smallest absolute Gasteiger partial charge is 0.255 e. The first kappa shape index (κ1) is 24.8. The van der Waals surface area contributed by atoms with Gasteiger partial charge in [0.2, 0.25) is 10.0 Å². The minimum absolute atomic E-state index is 0.173. The number of pyridine rings is 1. The normalized spacial score (nSPS) is 15.1. The number of hydrogen-bond donors (Lipinski definition) is 1. The van der Waals surface area contributed by atoms with Gasteiger partial charge in [-0.3, -0.25) is 9.78 Å². The summed E-state index contributed by atoms with van der Waals surface area (Å²) in [5, 5.41) is 2.83. The summed E-state index contributed by atoms with van der Waals surface area (Å²) in [6.45, 7) is 6.45. The molecular formula is C26H30N4O4S. The van der Waals surface area contributed by atoms with Crippen LogP contribution in [0, 0.1) is 13.8 Å². The third kappa shape index (κ3) is 5.87. The van der Waals surface area contributed by atoms with E-state index >= 15 is 0 Å². The average Bonchev–Trinajstić information content (AvgIpc) is 2.84. The molecule has 0 spiro atoms. The Kier molecular flexibility index (Phi) is 7.49. The fourth-order valence-electron chi connectivity index (χ4n) is 4.06. The Bertz CT molecular complexity index is 1280. The van der Waals surface area contributed by atoms with Crippen molar-refractivity contribution in [1.29, 1.82) is 0 Å². The fraction of sp³-hybridized carbons (Fsp3) is 0.308. The van der Waals surface area contributed by atoms with Gasteiger partial charge in [-0.1, -0.05) is 12.1 Å². The van der Waals surface area contributed by atoms with Crippen LogP contribution in [0.15, 0.2) is 65.8 Å². The lowest BCUT2D eigenvalue weighted by Crippen LogP contribution is -2.47. The molecule has 2 aromatic carbocycles. The zero-order chi connectivity index (χ0) is 25.0. The molecule has 1 N–H and O–H groups in total. The van der Waals surface area contributed by atoms with Gasteiger partial charge in [-0.25, -0.2) is 8.42 Å². The molecule has 4 rings (SSSR count). The third-order valence-electron chi connectivity index (χ3n) is 6.02. The monoisotopic (exact) mass is 494 g/mol. The number of ether oxygens (including phenoxy) is 1. The summed E-state index contributed by atoms with van der Waals surface area (Å²) < 4.78 is 33.6. The molecule has 1 aliphatic heterocycles. The Morgan fingerprint density at radius 3 is 2.40 bits per heavy atom. The fourth-order valence-corrected chi connectivity index (χ4v) is 5.53. The molecule has 1 aliphatic rings. The summed E-state index contributed by atoms with van der Waals surface area (Å²) in [4.78, 5) is 19.3. The Hall–Kier alpha value is -3.27. The van der Waals surface area contributed by atoms with Crippen molar-refractivity contribution in [2.75, 3.05) is 38.5 Å². The second-order valence-corrected chi connectivity index (χ2v) is 10.7. The molecule has 0 unspecified atom stereocenters. The van der Waals surface area contributed by atoms with Crippen molar-refractivity contribution < 1.29 is 17.9 Å². The maximum atomic E-state index is 13.1. The third-order valence-corrected chi connectivity index (χ3v) is 7.92. The maximum absolute atomic E-state index is 13.1. The minimum atomic E-state index is -3.62. The van der Waals surface area contributed by atoms with E-state index in [2.05, 4.69) is 15.2 Å². The van der Waals surface area contributed by atoms with Crippen LogP contribution in [0.1, 0.15) is 27.0 Å². The number of aromatic nitrogens is 1. The van der Waals surface area contributed by atoms with Gasteiger partial charge in [0.25, 0.3) is 5.91 Å². The summed E-state index contributed by atoms with van der Waals surface area (Å²) >= 11 is 0. The number of rotatable bonds is 7. The van der Waals surface area contributed by atoms with Crippen molar-refractivity contribution in [2.24, 2.45) is 0 Å². The van der Waals surface area contributed by atoms with E-state index in [9.17, 15) is 13.2 Å². The quantitative estimate of drug-likeness (QED) is 0.541. The van der Waals surface area contributed by atoms with Crippen molar-refractivity contribution in [3.05, 3.63) is 83.2 Å². The number of sulfonamides is 1. The molecule has 1 aromatic heterocycles. The number of piperazine rings is 1. The van der Waals surface area contributed by atoms with Gasteiger partial charge in [-0.2, -0.15) is 4.31 Å². The Labute approximate surface area is 206 Å². The highest BCUT2D eigenvalue weighted by atomic mass is 32.2. The average molecular weight is 495 g/mol. The summed E-state index contributed by atoms with van der Waals surface area (Å²) in [6.07, 6.45) is 3.47. The first-order valence-corrected chi connectivity index (χ1v) is 12.9. The largest absolute Gasteiger partial charge is 0.488 e. The van der Waals surface area contributed by atoms with Crippen LogP contribution in [-0.4, -0.2) is 61.7 Å². The molecule has 35 heavy (non-hydrogen) atoms. The predicted octanol–water partition coefficient (Wildman–Crippen LogP) is 3.47. The highest BCUT2D eigenvalue weighted by molar-refractivity contribution is 7.89. The van der Waals surface area contributed by atoms with Crippen LogP contribution in [0.2, 0.25) is 0 Å². The van der Waals surface area contributed by atoms with E-state index in [1.807, 2.05) is 33.0 Å². The Morgan fingerprint density at radius 2 is 1.74 bits per heavy atom. The number of amides is 1. The minimum Gasteiger partial charge on any atom is -0.488 e. The van der Waals surface area contributed by atoms with Crippen LogP contribution >= 0.6 is 0 Å². The van der Waals surface area contributed by atoms with Gasteiger partial charge in [0.05, 0.1) is 4.90 Å². The number of hydrogen-bond acceptors (Lipinski definition) is 6. The number of nitrogens with one attached hydrogen (secondary N) is 1. The van der Waals surface area contributed by atoms with E-state index in [0.29, 0.717) is 44.0 Å². The van der Waals surface area contributed by atoms with Crippen LogP contribution in [-0.2, 0) is 16.6 Å². The zero-order valence-corrected chi connectivity index (χ0v) is 21.0. The lowest BCUT2D eigenvalue weighted by atomic mass is 10.0. The van der Waals surface area contributed by atoms with E-state index in [0.717, 1.165) is 22.4 Å². The Balaban J connectivity index is 1.47. The predicted molar refractivity (Wildman–Crippen MR) is 135 cm³/mol. The standard InChI is InChI=1S/C26H30N4O4S/c1-19-14-22(15-20(2)25(19)34-18-21-6-5-9-27-17-21)26(31)28-23-7-4-8-24(16-23)35(32,33)30-12-10-29(3)11-13-30/h4-9,14-17H,10-13,18H2,1-3H3,(H,28,31). The maximum Gasteiger partial charge on any atom is 0.255 e. The van der Waals surface area contributed by atoms with Gasteiger partial charge in [-0.05, 0) is 68.4 Å². The van der Waals surface area contributed by atoms with Crippen LogP contribution in [0.3, 0.4) is 0 Å². The molecule has 9 heteroatoms. The number of nitrogens with zero attached hydrogens (tertiary/aromatic N) is 3. The van der Waals surface area contributed by atoms with E-state index < -0.39 is 10.0 Å². The van der Waals surface area contributed by atoms with E-state index in [-0.39, 0.29) is 10.8 Å². The summed E-state index contributed by atoms with van der Waals surface area (Å²) in [5.74, 6) is 0.412. The molecule has 1 amide bonds. The van der Waals surface area contributed by atoms with Gasteiger partial charge < -0.3 is 15.0 Å². The van der Waals surface area contributed by atoms with Crippen molar-refractivity contribution in [3.8, 4) is 5.75 Å². The zero-order valence-electron chi connectivity index (χ0n) is 20.2. The summed E-state index contributed by atoms with van der Waals surface area (Å²) in [5.41, 5.74) is 3.54. The number of aryl methyl sites for hydroxylation is 2. The second kappa shape index (κ2) is 10.6. The van der Waals surface area contributed by atoms with Crippen LogP contribution in [0.4, 0.5) is 5.69 Å². The molecule has 0 radical (unpaired) electrons. The number of carbonyl (C=O) groups is 1.